The number of aromatic carboxylic acids is 1. The smallest absolute Gasteiger partial charge is 0.337 e. The molecule has 0 saturated heterocycles. The first-order valence-corrected chi connectivity index (χ1v) is 8.61. The summed E-state index contributed by atoms with van der Waals surface area (Å²) in [5.74, 6) is -1.46. The molecule has 1 atom stereocenters. The number of aliphatic hydroxyl groups excluding tert-OH is 1. The normalized spacial score (nSPS) is 13.4. The van der Waals surface area contributed by atoms with Gasteiger partial charge in [-0.2, -0.15) is 0 Å². The molecule has 6 nitrogen and oxygen atoms in total. The summed E-state index contributed by atoms with van der Waals surface area (Å²) < 4.78 is 27.0. The third-order valence-corrected chi connectivity index (χ3v) is 5.58. The van der Waals surface area contributed by atoms with Gasteiger partial charge in [0, 0.05) is 10.5 Å². The summed E-state index contributed by atoms with van der Waals surface area (Å²) >= 11 is 8.84. The number of carboxylic acid groups (broad SMARTS) is 1. The first kappa shape index (κ1) is 18.4. The average Bonchev–Trinajstić information content (AvgIpc) is 2.38. The summed E-state index contributed by atoms with van der Waals surface area (Å²) in [4.78, 5) is 10.8. The quantitative estimate of drug-likeness (QED) is 0.678. The predicted octanol–water partition coefficient (Wildman–Crippen LogP) is 2.10. The van der Waals surface area contributed by atoms with Crippen molar-refractivity contribution in [1.29, 1.82) is 0 Å². The zero-order chi connectivity index (χ0) is 16.4. The molecule has 0 aromatic heterocycles. The second kappa shape index (κ2) is 7.06. The van der Waals surface area contributed by atoms with Crippen LogP contribution in [0.15, 0.2) is 21.5 Å². The van der Waals surface area contributed by atoms with Crippen LogP contribution in [0, 0.1) is 5.92 Å². The molecule has 0 amide bonds. The molecule has 0 aliphatic rings. The van der Waals surface area contributed by atoms with Gasteiger partial charge in [-0.05, 0) is 34.0 Å². The monoisotopic (exact) mass is 399 g/mol. The van der Waals surface area contributed by atoms with E-state index in [1.807, 2.05) is 0 Å². The Balaban J connectivity index is 3.29. The van der Waals surface area contributed by atoms with E-state index in [-0.39, 0.29) is 32.5 Å². The molecule has 0 heterocycles. The minimum Gasteiger partial charge on any atom is -0.478 e. The number of carbonyl (C=O) groups is 1. The zero-order valence-electron chi connectivity index (χ0n) is 11.3. The van der Waals surface area contributed by atoms with Crippen LogP contribution in [-0.4, -0.2) is 37.2 Å². The standard InChI is InChI=1S/C12H15BrClNO5S/c1-6(2)10(5-16)15-21(19,20)7-3-8(12(17)18)11(14)9(13)4-7/h3-4,6,10,15-16H,5H2,1-2H3,(H,17,18)/t10-/m1/s1. The Hall–Kier alpha value is -0.670. The fraction of sp³-hybridized carbons (Fsp3) is 0.417. The Labute approximate surface area is 136 Å². The van der Waals surface area contributed by atoms with Crippen LogP contribution in [0.3, 0.4) is 0 Å². The number of rotatable bonds is 6. The Morgan fingerprint density at radius 1 is 1.43 bits per heavy atom. The highest BCUT2D eigenvalue weighted by molar-refractivity contribution is 9.10. The van der Waals surface area contributed by atoms with Gasteiger partial charge in [0.1, 0.15) is 0 Å². The van der Waals surface area contributed by atoms with Crippen LogP contribution < -0.4 is 4.72 Å². The fourth-order valence-corrected chi connectivity index (χ4v) is 3.76. The number of carboxylic acids is 1. The first-order chi connectivity index (χ1) is 9.60. The molecule has 21 heavy (non-hydrogen) atoms. The second-order valence-electron chi connectivity index (χ2n) is 4.73. The molecule has 3 N–H and O–H groups in total. The minimum absolute atomic E-state index is 0.0796. The summed E-state index contributed by atoms with van der Waals surface area (Å²) in [5.41, 5.74) is -0.323. The van der Waals surface area contributed by atoms with E-state index in [2.05, 4.69) is 20.7 Å². The van der Waals surface area contributed by atoms with Gasteiger partial charge in [-0.1, -0.05) is 25.4 Å². The summed E-state index contributed by atoms with van der Waals surface area (Å²) in [7, 11) is -3.97. The molecule has 9 heteroatoms. The molecule has 0 spiro atoms. The van der Waals surface area contributed by atoms with E-state index >= 15 is 0 Å². The van der Waals surface area contributed by atoms with Gasteiger partial charge in [0.2, 0.25) is 10.0 Å². The Morgan fingerprint density at radius 2 is 2.00 bits per heavy atom. The molecular weight excluding hydrogens is 386 g/mol. The fourth-order valence-electron chi connectivity index (χ4n) is 1.53. The largest absolute Gasteiger partial charge is 0.478 e. The number of halogens is 2. The van der Waals surface area contributed by atoms with Gasteiger partial charge in [0.25, 0.3) is 0 Å². The molecular formula is C12H15BrClNO5S. The van der Waals surface area contributed by atoms with E-state index in [0.29, 0.717) is 0 Å². The molecule has 0 saturated carbocycles. The molecule has 1 rings (SSSR count). The van der Waals surface area contributed by atoms with Crippen LogP contribution in [0.1, 0.15) is 24.2 Å². The molecule has 0 aliphatic heterocycles. The third kappa shape index (κ3) is 4.40. The van der Waals surface area contributed by atoms with Gasteiger partial charge in [0.05, 0.1) is 22.1 Å². The van der Waals surface area contributed by atoms with E-state index in [1.54, 1.807) is 13.8 Å². The lowest BCUT2D eigenvalue weighted by molar-refractivity contribution is 0.0696. The van der Waals surface area contributed by atoms with Crippen molar-refractivity contribution in [2.45, 2.75) is 24.8 Å². The molecule has 118 valence electrons. The molecule has 0 unspecified atom stereocenters. The molecule has 0 aliphatic carbocycles. The van der Waals surface area contributed by atoms with Gasteiger partial charge in [-0.25, -0.2) is 17.9 Å². The third-order valence-electron chi connectivity index (χ3n) is 2.85. The number of aliphatic hydroxyl groups is 1. The maximum atomic E-state index is 12.3. The van der Waals surface area contributed by atoms with Crippen LogP contribution in [0.5, 0.6) is 0 Å². The topological polar surface area (TPSA) is 104 Å². The van der Waals surface area contributed by atoms with Gasteiger partial charge in [-0.3, -0.25) is 0 Å². The molecule has 0 fully saturated rings. The second-order valence-corrected chi connectivity index (χ2v) is 7.67. The maximum absolute atomic E-state index is 12.3. The van der Waals surface area contributed by atoms with E-state index in [0.717, 1.165) is 6.07 Å². The lowest BCUT2D eigenvalue weighted by Crippen LogP contribution is -2.41. The van der Waals surface area contributed by atoms with E-state index in [1.165, 1.54) is 6.07 Å². The SMILES string of the molecule is CC(C)[C@@H](CO)NS(=O)(=O)c1cc(Br)c(Cl)c(C(=O)O)c1. The number of benzene rings is 1. The molecule has 1 aromatic carbocycles. The molecule has 1 aromatic rings. The van der Waals surface area contributed by atoms with Crippen molar-refractivity contribution < 1.29 is 23.4 Å². The number of hydrogen-bond acceptors (Lipinski definition) is 4. The lowest BCUT2D eigenvalue weighted by Gasteiger charge is -2.20. The Bertz CT molecular complexity index is 647. The van der Waals surface area contributed by atoms with Crippen molar-refractivity contribution in [3.63, 3.8) is 0 Å². The highest BCUT2D eigenvalue weighted by Gasteiger charge is 2.25. The summed E-state index contributed by atoms with van der Waals surface area (Å²) in [6.07, 6.45) is 0. The zero-order valence-corrected chi connectivity index (χ0v) is 14.5. The van der Waals surface area contributed by atoms with Crippen LogP contribution in [-0.2, 0) is 10.0 Å². The van der Waals surface area contributed by atoms with Crippen LogP contribution in [0.2, 0.25) is 5.02 Å². The first-order valence-electron chi connectivity index (χ1n) is 5.95. The average molecular weight is 401 g/mol. The van der Waals surface area contributed by atoms with Gasteiger partial charge in [0.15, 0.2) is 0 Å². The molecule has 0 radical (unpaired) electrons. The highest BCUT2D eigenvalue weighted by atomic mass is 79.9. The van der Waals surface area contributed by atoms with Gasteiger partial charge >= 0.3 is 5.97 Å². The van der Waals surface area contributed by atoms with E-state index in [4.69, 9.17) is 16.7 Å². The van der Waals surface area contributed by atoms with Crippen molar-refractivity contribution in [2.24, 2.45) is 5.92 Å². The van der Waals surface area contributed by atoms with Gasteiger partial charge < -0.3 is 10.2 Å². The lowest BCUT2D eigenvalue weighted by atomic mass is 10.1. The number of sulfonamides is 1. The predicted molar refractivity (Wildman–Crippen MR) is 82.1 cm³/mol. The van der Waals surface area contributed by atoms with Crippen molar-refractivity contribution in [2.75, 3.05) is 6.61 Å². The van der Waals surface area contributed by atoms with Crippen molar-refractivity contribution in [1.82, 2.24) is 4.72 Å². The van der Waals surface area contributed by atoms with Crippen LogP contribution >= 0.6 is 27.5 Å². The van der Waals surface area contributed by atoms with E-state index in [9.17, 15) is 18.3 Å². The van der Waals surface area contributed by atoms with Crippen molar-refractivity contribution in [3.05, 3.63) is 27.2 Å². The highest BCUT2D eigenvalue weighted by Crippen LogP contribution is 2.30. The minimum atomic E-state index is -3.97. The van der Waals surface area contributed by atoms with Gasteiger partial charge in [-0.15, -0.1) is 0 Å². The van der Waals surface area contributed by atoms with Crippen molar-refractivity contribution in [3.8, 4) is 0 Å². The Kier molecular flexibility index (Phi) is 6.18. The number of hydrogen-bond donors (Lipinski definition) is 3. The molecule has 0 bridgehead atoms. The Morgan fingerprint density at radius 3 is 2.43 bits per heavy atom. The van der Waals surface area contributed by atoms with Crippen LogP contribution in [0.4, 0.5) is 0 Å². The van der Waals surface area contributed by atoms with E-state index < -0.39 is 22.0 Å². The van der Waals surface area contributed by atoms with Crippen molar-refractivity contribution >= 4 is 43.5 Å². The summed E-state index contributed by atoms with van der Waals surface area (Å²) in [5, 5.41) is 18.2. The van der Waals surface area contributed by atoms with Crippen LogP contribution in [0.25, 0.3) is 0 Å². The summed E-state index contributed by atoms with van der Waals surface area (Å²) in [6.45, 7) is 3.14. The maximum Gasteiger partial charge on any atom is 0.337 e. The number of nitrogens with one attached hydrogen (secondary N) is 1. The summed E-state index contributed by atoms with van der Waals surface area (Å²) in [6, 6.07) is 1.52.